The fourth-order valence-corrected chi connectivity index (χ4v) is 2.71. The van der Waals surface area contributed by atoms with Gasteiger partial charge in [-0.2, -0.15) is 0 Å². The quantitative estimate of drug-likeness (QED) is 0.815. The Labute approximate surface area is 86.5 Å². The third kappa shape index (κ3) is 2.10. The van der Waals surface area contributed by atoms with Crippen LogP contribution in [0.5, 0.6) is 0 Å². The summed E-state index contributed by atoms with van der Waals surface area (Å²) in [5.41, 5.74) is 0. The Hall–Kier alpha value is -0.390. The van der Waals surface area contributed by atoms with Crippen LogP contribution < -0.4 is 0 Å². The van der Waals surface area contributed by atoms with Crippen LogP contribution >= 0.6 is 15.9 Å². The van der Waals surface area contributed by atoms with Gasteiger partial charge in [0.05, 0.1) is 4.90 Å². The standard InChI is InChI=1S/C8H10BrNO2S/c1-10(2)13(11,12)8-6-4-3-5-7(8)9/h3-6H,1-2H3. The molecule has 3 nitrogen and oxygen atoms in total. The van der Waals surface area contributed by atoms with Crippen LogP contribution in [0.1, 0.15) is 0 Å². The minimum atomic E-state index is -3.32. The molecule has 0 aromatic heterocycles. The molecule has 0 heterocycles. The summed E-state index contributed by atoms with van der Waals surface area (Å²) in [6, 6.07) is 6.75. The van der Waals surface area contributed by atoms with Crippen LogP contribution in [-0.2, 0) is 10.0 Å². The molecular formula is C8H10BrNO2S. The third-order valence-electron chi connectivity index (χ3n) is 1.60. The molecule has 0 spiro atoms. The second-order valence-corrected chi connectivity index (χ2v) is 5.69. The average molecular weight is 264 g/mol. The number of benzene rings is 1. The molecule has 0 amide bonds. The molecule has 0 aliphatic rings. The zero-order chi connectivity index (χ0) is 10.1. The van der Waals surface area contributed by atoms with Gasteiger partial charge in [0, 0.05) is 18.6 Å². The van der Waals surface area contributed by atoms with E-state index in [0.717, 1.165) is 0 Å². The van der Waals surface area contributed by atoms with Crippen molar-refractivity contribution < 1.29 is 8.42 Å². The Morgan fingerprint density at radius 3 is 2.23 bits per heavy atom. The lowest BCUT2D eigenvalue weighted by Gasteiger charge is -2.12. The summed E-state index contributed by atoms with van der Waals surface area (Å²) >= 11 is 3.19. The summed E-state index contributed by atoms with van der Waals surface area (Å²) < 4.78 is 25.1. The predicted molar refractivity (Wildman–Crippen MR) is 55.0 cm³/mol. The molecule has 0 unspecified atom stereocenters. The minimum Gasteiger partial charge on any atom is -0.207 e. The first-order chi connectivity index (χ1) is 5.96. The second kappa shape index (κ2) is 3.77. The molecule has 0 atom stereocenters. The fraction of sp³-hybridized carbons (Fsp3) is 0.250. The summed E-state index contributed by atoms with van der Waals surface area (Å²) in [4.78, 5) is 0.292. The Morgan fingerprint density at radius 1 is 1.23 bits per heavy atom. The molecule has 0 fully saturated rings. The lowest BCUT2D eigenvalue weighted by Crippen LogP contribution is -2.22. The van der Waals surface area contributed by atoms with Gasteiger partial charge in [0.1, 0.15) is 0 Å². The van der Waals surface area contributed by atoms with Gasteiger partial charge in [0.2, 0.25) is 10.0 Å². The zero-order valence-corrected chi connectivity index (χ0v) is 9.76. The molecule has 0 aliphatic heterocycles. The maximum Gasteiger partial charge on any atom is 0.243 e. The monoisotopic (exact) mass is 263 g/mol. The van der Waals surface area contributed by atoms with Gasteiger partial charge < -0.3 is 0 Å². The Morgan fingerprint density at radius 2 is 1.77 bits per heavy atom. The molecule has 0 saturated carbocycles. The van der Waals surface area contributed by atoms with Crippen LogP contribution in [0.15, 0.2) is 33.6 Å². The smallest absolute Gasteiger partial charge is 0.207 e. The molecule has 0 radical (unpaired) electrons. The summed E-state index contributed by atoms with van der Waals surface area (Å²) in [5.74, 6) is 0. The molecule has 0 saturated heterocycles. The van der Waals surface area contributed by atoms with E-state index in [2.05, 4.69) is 15.9 Å². The number of rotatable bonds is 2. The van der Waals surface area contributed by atoms with Gasteiger partial charge >= 0.3 is 0 Å². The summed E-state index contributed by atoms with van der Waals surface area (Å²) in [6.07, 6.45) is 0. The van der Waals surface area contributed by atoms with E-state index in [9.17, 15) is 8.42 Å². The molecule has 1 aromatic carbocycles. The number of halogens is 1. The molecule has 0 bridgehead atoms. The van der Waals surface area contributed by atoms with Crippen LogP contribution in [0.3, 0.4) is 0 Å². The highest BCUT2D eigenvalue weighted by Gasteiger charge is 2.19. The van der Waals surface area contributed by atoms with Crippen molar-refractivity contribution in [2.24, 2.45) is 0 Å². The van der Waals surface area contributed by atoms with E-state index in [0.29, 0.717) is 9.37 Å². The van der Waals surface area contributed by atoms with Crippen LogP contribution in [-0.4, -0.2) is 26.8 Å². The summed E-state index contributed by atoms with van der Waals surface area (Å²) in [7, 11) is -0.304. The normalized spacial score (nSPS) is 12.0. The van der Waals surface area contributed by atoms with E-state index >= 15 is 0 Å². The van der Waals surface area contributed by atoms with Gasteiger partial charge in [0.15, 0.2) is 0 Å². The maximum absolute atomic E-state index is 11.6. The van der Waals surface area contributed by atoms with Crippen LogP contribution in [0.25, 0.3) is 0 Å². The molecule has 1 aromatic rings. The summed E-state index contributed by atoms with van der Waals surface area (Å²) in [6.45, 7) is 0. The van der Waals surface area contributed by atoms with E-state index < -0.39 is 10.0 Å². The number of nitrogens with zero attached hydrogens (tertiary/aromatic N) is 1. The lowest BCUT2D eigenvalue weighted by atomic mass is 10.4. The predicted octanol–water partition coefficient (Wildman–Crippen LogP) is 1.70. The molecule has 72 valence electrons. The highest BCUT2D eigenvalue weighted by molar-refractivity contribution is 9.10. The van der Waals surface area contributed by atoms with Gasteiger partial charge in [-0.1, -0.05) is 12.1 Å². The van der Waals surface area contributed by atoms with Crippen LogP contribution in [0, 0.1) is 0 Å². The first-order valence-electron chi connectivity index (χ1n) is 3.63. The molecular weight excluding hydrogens is 254 g/mol. The number of hydrogen-bond donors (Lipinski definition) is 0. The van der Waals surface area contributed by atoms with Gasteiger partial charge in [0.25, 0.3) is 0 Å². The highest BCUT2D eigenvalue weighted by atomic mass is 79.9. The highest BCUT2D eigenvalue weighted by Crippen LogP contribution is 2.22. The van der Waals surface area contributed by atoms with Crippen LogP contribution in [0.2, 0.25) is 0 Å². The van der Waals surface area contributed by atoms with Crippen molar-refractivity contribution in [2.45, 2.75) is 4.90 Å². The van der Waals surface area contributed by atoms with E-state index in [1.165, 1.54) is 18.4 Å². The van der Waals surface area contributed by atoms with Crippen LogP contribution in [0.4, 0.5) is 0 Å². The SMILES string of the molecule is CN(C)S(=O)(=O)c1ccccc1Br. The Kier molecular flexibility index (Phi) is 3.10. The van der Waals surface area contributed by atoms with Crippen molar-refractivity contribution in [3.63, 3.8) is 0 Å². The van der Waals surface area contributed by atoms with Crippen molar-refractivity contribution in [1.29, 1.82) is 0 Å². The fourth-order valence-electron chi connectivity index (χ4n) is 0.851. The van der Waals surface area contributed by atoms with E-state index in [-0.39, 0.29) is 0 Å². The van der Waals surface area contributed by atoms with E-state index in [4.69, 9.17) is 0 Å². The molecule has 1 rings (SSSR count). The average Bonchev–Trinajstić information content (AvgIpc) is 2.04. The third-order valence-corrected chi connectivity index (χ3v) is 4.42. The molecule has 5 heteroatoms. The Bertz CT molecular complexity index is 400. The van der Waals surface area contributed by atoms with Crippen molar-refractivity contribution in [2.75, 3.05) is 14.1 Å². The van der Waals surface area contributed by atoms with Crippen molar-refractivity contribution in [3.05, 3.63) is 28.7 Å². The number of hydrogen-bond acceptors (Lipinski definition) is 2. The topological polar surface area (TPSA) is 37.4 Å². The Balaban J connectivity index is 3.32. The van der Waals surface area contributed by atoms with Crippen molar-refractivity contribution in [3.8, 4) is 0 Å². The minimum absolute atomic E-state index is 0.292. The summed E-state index contributed by atoms with van der Waals surface area (Å²) in [5, 5.41) is 0. The van der Waals surface area contributed by atoms with Gasteiger partial charge in [-0.05, 0) is 28.1 Å². The first kappa shape index (κ1) is 10.7. The van der Waals surface area contributed by atoms with Gasteiger partial charge in [-0.3, -0.25) is 0 Å². The first-order valence-corrected chi connectivity index (χ1v) is 5.86. The second-order valence-electron chi connectivity index (χ2n) is 2.72. The molecule has 0 aliphatic carbocycles. The van der Waals surface area contributed by atoms with E-state index in [1.54, 1.807) is 24.3 Å². The van der Waals surface area contributed by atoms with E-state index in [1.807, 2.05) is 0 Å². The zero-order valence-electron chi connectivity index (χ0n) is 7.36. The van der Waals surface area contributed by atoms with Crippen molar-refractivity contribution >= 4 is 26.0 Å². The lowest BCUT2D eigenvalue weighted by molar-refractivity contribution is 0.520. The van der Waals surface area contributed by atoms with Gasteiger partial charge in [-0.15, -0.1) is 0 Å². The van der Waals surface area contributed by atoms with Crippen molar-refractivity contribution in [1.82, 2.24) is 4.31 Å². The molecule has 0 N–H and O–H groups in total. The maximum atomic E-state index is 11.6. The molecule has 13 heavy (non-hydrogen) atoms. The largest absolute Gasteiger partial charge is 0.243 e. The number of sulfonamides is 1. The van der Waals surface area contributed by atoms with Gasteiger partial charge in [-0.25, -0.2) is 12.7 Å².